The Hall–Kier alpha value is -3.66. The molecule has 0 saturated heterocycles. The number of H-pyrrole nitrogens is 1. The van der Waals surface area contributed by atoms with Crippen LogP contribution in [-0.4, -0.2) is 62.0 Å². The Balaban J connectivity index is 1.49. The number of fused-ring (bicyclic) bond motifs is 2. The lowest BCUT2D eigenvalue weighted by Crippen LogP contribution is -2.48. The van der Waals surface area contributed by atoms with Gasteiger partial charge in [-0.1, -0.05) is 0 Å². The number of nitrogens with zero attached hydrogens (tertiary/aromatic N) is 5. The van der Waals surface area contributed by atoms with E-state index >= 15 is 0 Å². The van der Waals surface area contributed by atoms with Gasteiger partial charge in [-0.25, -0.2) is 31.6 Å². The number of nitrogens with one attached hydrogen (secondary N) is 2. The van der Waals surface area contributed by atoms with Crippen LogP contribution < -0.4 is 14.2 Å². The molecule has 1 aliphatic carbocycles. The lowest BCUT2D eigenvalue weighted by molar-refractivity contribution is -0.0527. The standard InChI is InChI=1S/C23H23F4N7O4S/c1-23(5-6-23)39(35,36)32-11-8-34-21(37-10-11)15(17(30-34)18(24)25)16-14(12-4-3-7-28-19(12)29-16)13-9-33(2)31-20(13)38-22(26)27/h3-4,7,9,11,18,22,32H,5-6,8,10H2,1-2H3,(H,28,29)/t11-/m0/s1. The number of pyridine rings is 1. The molecule has 2 N–H and O–H groups in total. The molecule has 0 bridgehead atoms. The third-order valence-electron chi connectivity index (χ3n) is 6.96. The molecular formula is C23H23F4N7O4S. The van der Waals surface area contributed by atoms with Crippen LogP contribution in [0.5, 0.6) is 11.8 Å². The number of hydrogen-bond acceptors (Lipinski definition) is 7. The molecule has 208 valence electrons. The summed E-state index contributed by atoms with van der Waals surface area (Å²) in [5, 5.41) is 8.47. The molecule has 1 aliphatic heterocycles. The summed E-state index contributed by atoms with van der Waals surface area (Å²) in [4.78, 5) is 7.27. The van der Waals surface area contributed by atoms with Crippen LogP contribution >= 0.6 is 0 Å². The van der Waals surface area contributed by atoms with Crippen molar-refractivity contribution in [3.05, 3.63) is 30.2 Å². The highest BCUT2D eigenvalue weighted by Crippen LogP contribution is 2.48. The highest BCUT2D eigenvalue weighted by Gasteiger charge is 2.51. The summed E-state index contributed by atoms with van der Waals surface area (Å²) in [7, 11) is -2.14. The zero-order valence-corrected chi connectivity index (χ0v) is 21.5. The van der Waals surface area contributed by atoms with E-state index in [1.165, 1.54) is 28.8 Å². The van der Waals surface area contributed by atoms with Crippen molar-refractivity contribution < 1.29 is 35.5 Å². The first-order chi connectivity index (χ1) is 18.5. The normalized spacial score (nSPS) is 18.5. The Bertz CT molecular complexity index is 1680. The number of aromatic nitrogens is 6. The van der Waals surface area contributed by atoms with Crippen molar-refractivity contribution in [3.8, 4) is 34.1 Å². The van der Waals surface area contributed by atoms with Crippen molar-refractivity contribution in [1.29, 1.82) is 0 Å². The molecule has 6 rings (SSSR count). The Labute approximate surface area is 219 Å². The molecule has 4 aromatic heterocycles. The van der Waals surface area contributed by atoms with Gasteiger partial charge in [-0.3, -0.25) is 4.68 Å². The van der Waals surface area contributed by atoms with Crippen LogP contribution in [0.1, 0.15) is 31.9 Å². The molecule has 0 amide bonds. The number of aromatic amines is 1. The molecule has 1 atom stereocenters. The van der Waals surface area contributed by atoms with E-state index in [2.05, 4.69) is 29.6 Å². The predicted octanol–water partition coefficient (Wildman–Crippen LogP) is 3.60. The number of rotatable bonds is 8. The van der Waals surface area contributed by atoms with Crippen LogP contribution in [0, 0.1) is 0 Å². The molecular weight excluding hydrogens is 546 g/mol. The molecule has 39 heavy (non-hydrogen) atoms. The molecule has 4 aromatic rings. The Morgan fingerprint density at radius 1 is 1.23 bits per heavy atom. The second-order valence-corrected chi connectivity index (χ2v) is 12.0. The molecule has 11 nitrogen and oxygen atoms in total. The number of hydrogen-bond donors (Lipinski definition) is 2. The van der Waals surface area contributed by atoms with Gasteiger partial charge in [-0.05, 0) is 31.9 Å². The first kappa shape index (κ1) is 25.6. The second kappa shape index (κ2) is 8.94. The predicted molar refractivity (Wildman–Crippen MR) is 130 cm³/mol. The fourth-order valence-corrected chi connectivity index (χ4v) is 6.25. The van der Waals surface area contributed by atoms with E-state index in [0.29, 0.717) is 23.9 Å². The minimum atomic E-state index is -3.65. The van der Waals surface area contributed by atoms with Crippen molar-refractivity contribution >= 4 is 21.1 Å². The summed E-state index contributed by atoms with van der Waals surface area (Å²) in [5.41, 5.74) is 0.0282. The summed E-state index contributed by atoms with van der Waals surface area (Å²) in [6, 6.07) is 2.54. The van der Waals surface area contributed by atoms with Crippen molar-refractivity contribution in [2.75, 3.05) is 6.61 Å². The number of sulfonamides is 1. The number of halogens is 4. The Kier molecular flexibility index (Phi) is 5.87. The van der Waals surface area contributed by atoms with Crippen LogP contribution in [0.4, 0.5) is 17.6 Å². The largest absolute Gasteiger partial charge is 0.476 e. The highest BCUT2D eigenvalue weighted by atomic mass is 32.2. The van der Waals surface area contributed by atoms with Gasteiger partial charge in [0.2, 0.25) is 21.8 Å². The molecule has 1 fully saturated rings. The Morgan fingerprint density at radius 2 is 2.00 bits per heavy atom. The second-order valence-electron chi connectivity index (χ2n) is 9.80. The molecule has 0 aromatic carbocycles. The van der Waals surface area contributed by atoms with Gasteiger partial charge in [0.1, 0.15) is 17.9 Å². The SMILES string of the molecule is Cn1cc(-c2c(-c3c(C(F)F)nn4c3OC[C@@H](NS(=O)(=O)C3(C)CC3)C4)[nH]c3ncccc23)c(OC(F)F)n1. The Morgan fingerprint density at radius 3 is 2.69 bits per heavy atom. The van der Waals surface area contributed by atoms with E-state index in [4.69, 9.17) is 4.74 Å². The van der Waals surface area contributed by atoms with E-state index in [9.17, 15) is 26.0 Å². The summed E-state index contributed by atoms with van der Waals surface area (Å²) < 4.78 is 95.2. The van der Waals surface area contributed by atoms with Gasteiger partial charge in [0, 0.05) is 30.4 Å². The van der Waals surface area contributed by atoms with Crippen molar-refractivity contribution in [2.45, 2.75) is 50.1 Å². The molecule has 1 saturated carbocycles. The van der Waals surface area contributed by atoms with Gasteiger partial charge < -0.3 is 14.5 Å². The summed E-state index contributed by atoms with van der Waals surface area (Å²) in [6.07, 6.45) is 0.942. The van der Waals surface area contributed by atoms with Gasteiger partial charge in [-0.15, -0.1) is 5.10 Å². The molecule has 2 aliphatic rings. The minimum absolute atomic E-state index is 0.0218. The van der Waals surface area contributed by atoms with Gasteiger partial charge in [-0.2, -0.15) is 13.9 Å². The summed E-state index contributed by atoms with van der Waals surface area (Å²) in [6.45, 7) is -1.71. The fraction of sp³-hybridized carbons (Fsp3) is 0.435. The zero-order valence-electron chi connectivity index (χ0n) is 20.7. The fourth-order valence-electron chi connectivity index (χ4n) is 4.74. The van der Waals surface area contributed by atoms with Crippen LogP contribution in [0.25, 0.3) is 33.4 Å². The zero-order chi connectivity index (χ0) is 27.7. The first-order valence-electron chi connectivity index (χ1n) is 12.0. The maximum atomic E-state index is 14.4. The maximum Gasteiger partial charge on any atom is 0.388 e. The summed E-state index contributed by atoms with van der Waals surface area (Å²) >= 11 is 0. The average molecular weight is 570 g/mol. The van der Waals surface area contributed by atoms with E-state index in [-0.39, 0.29) is 41.4 Å². The van der Waals surface area contributed by atoms with Crippen LogP contribution in [-0.2, 0) is 23.6 Å². The van der Waals surface area contributed by atoms with Gasteiger partial charge in [0.25, 0.3) is 6.43 Å². The average Bonchev–Trinajstić information content (AvgIpc) is 3.20. The van der Waals surface area contributed by atoms with Crippen LogP contribution in [0.15, 0.2) is 24.5 Å². The minimum Gasteiger partial charge on any atom is -0.476 e. The molecule has 0 spiro atoms. The number of alkyl halides is 4. The maximum absolute atomic E-state index is 14.4. The van der Waals surface area contributed by atoms with Crippen molar-refractivity contribution in [3.63, 3.8) is 0 Å². The smallest absolute Gasteiger partial charge is 0.388 e. The molecule has 0 radical (unpaired) electrons. The van der Waals surface area contributed by atoms with E-state index in [1.807, 2.05) is 0 Å². The van der Waals surface area contributed by atoms with Crippen LogP contribution in [0.3, 0.4) is 0 Å². The lowest BCUT2D eigenvalue weighted by Gasteiger charge is -2.26. The first-order valence-corrected chi connectivity index (χ1v) is 13.4. The molecule has 5 heterocycles. The third-order valence-corrected chi connectivity index (χ3v) is 9.31. The quantitative estimate of drug-likeness (QED) is 0.310. The third kappa shape index (κ3) is 4.30. The van der Waals surface area contributed by atoms with Crippen molar-refractivity contribution in [1.82, 2.24) is 34.3 Å². The number of aryl methyl sites for hydroxylation is 1. The van der Waals surface area contributed by atoms with Gasteiger partial charge in [0.15, 0.2) is 0 Å². The van der Waals surface area contributed by atoms with E-state index < -0.39 is 45.4 Å². The monoisotopic (exact) mass is 569 g/mol. The molecule has 16 heteroatoms. The van der Waals surface area contributed by atoms with E-state index in [0.717, 1.165) is 0 Å². The highest BCUT2D eigenvalue weighted by molar-refractivity contribution is 7.91. The van der Waals surface area contributed by atoms with Crippen LogP contribution in [0.2, 0.25) is 0 Å². The topological polar surface area (TPSA) is 129 Å². The number of ether oxygens (including phenoxy) is 2. The molecule has 0 unspecified atom stereocenters. The van der Waals surface area contributed by atoms with E-state index in [1.54, 1.807) is 19.1 Å². The van der Waals surface area contributed by atoms with Gasteiger partial charge in [0.05, 0.1) is 34.2 Å². The van der Waals surface area contributed by atoms with Gasteiger partial charge >= 0.3 is 6.61 Å². The van der Waals surface area contributed by atoms with Crippen molar-refractivity contribution in [2.24, 2.45) is 7.05 Å². The lowest BCUT2D eigenvalue weighted by atomic mass is 10.0. The summed E-state index contributed by atoms with van der Waals surface area (Å²) in [5.74, 6) is -0.423.